The monoisotopic (exact) mass is 326 g/mol. The van der Waals surface area contributed by atoms with Crippen molar-refractivity contribution in [1.29, 1.82) is 0 Å². The lowest BCUT2D eigenvalue weighted by Gasteiger charge is -2.32. The summed E-state index contributed by atoms with van der Waals surface area (Å²) in [6, 6.07) is 13.0. The zero-order valence-corrected chi connectivity index (χ0v) is 14.0. The van der Waals surface area contributed by atoms with Crippen LogP contribution in [0.15, 0.2) is 47.2 Å². The lowest BCUT2D eigenvalue weighted by atomic mass is 10.0. The van der Waals surface area contributed by atoms with Crippen molar-refractivity contribution in [2.45, 2.75) is 43.8 Å². The Kier molecular flexibility index (Phi) is 4.19. The molecule has 1 saturated carbocycles. The van der Waals surface area contributed by atoms with Gasteiger partial charge in [-0.2, -0.15) is 11.3 Å². The largest absolute Gasteiger partial charge is 0.352 e. The van der Waals surface area contributed by atoms with Crippen molar-refractivity contribution in [2.75, 3.05) is 6.54 Å². The van der Waals surface area contributed by atoms with Gasteiger partial charge in [0.25, 0.3) is 0 Å². The molecule has 0 bridgehead atoms. The molecule has 2 fully saturated rings. The SMILES string of the molecule is O=C(NC1CC1)[C@@H](c1ccccc1)N1CCC[C@@H]1c1ccsc1. The van der Waals surface area contributed by atoms with Gasteiger partial charge in [-0.3, -0.25) is 9.69 Å². The van der Waals surface area contributed by atoms with E-state index in [0.29, 0.717) is 12.1 Å². The number of hydrogen-bond donors (Lipinski definition) is 1. The van der Waals surface area contributed by atoms with Crippen molar-refractivity contribution in [3.8, 4) is 0 Å². The maximum Gasteiger partial charge on any atom is 0.242 e. The molecular weight excluding hydrogens is 304 g/mol. The van der Waals surface area contributed by atoms with E-state index in [1.54, 1.807) is 11.3 Å². The highest BCUT2D eigenvalue weighted by Crippen LogP contribution is 2.39. The van der Waals surface area contributed by atoms with Gasteiger partial charge in [-0.1, -0.05) is 30.3 Å². The van der Waals surface area contributed by atoms with Crippen LogP contribution in [0.3, 0.4) is 0 Å². The van der Waals surface area contributed by atoms with Gasteiger partial charge in [-0.15, -0.1) is 0 Å². The minimum absolute atomic E-state index is 0.167. The van der Waals surface area contributed by atoms with Crippen LogP contribution in [0.4, 0.5) is 0 Å². The third kappa shape index (κ3) is 3.19. The van der Waals surface area contributed by atoms with E-state index < -0.39 is 0 Å². The maximum atomic E-state index is 12.9. The first-order chi connectivity index (χ1) is 11.3. The van der Waals surface area contributed by atoms with E-state index in [-0.39, 0.29) is 11.9 Å². The zero-order chi connectivity index (χ0) is 15.6. The molecule has 0 unspecified atom stereocenters. The molecule has 1 N–H and O–H groups in total. The minimum Gasteiger partial charge on any atom is -0.352 e. The van der Waals surface area contributed by atoms with E-state index in [9.17, 15) is 4.79 Å². The van der Waals surface area contributed by atoms with E-state index in [1.807, 2.05) is 18.2 Å². The van der Waals surface area contributed by atoms with Gasteiger partial charge in [0.15, 0.2) is 0 Å². The average Bonchev–Trinajstić information content (AvgIpc) is 3.04. The van der Waals surface area contributed by atoms with E-state index in [2.05, 4.69) is 39.2 Å². The van der Waals surface area contributed by atoms with Crippen LogP contribution >= 0.6 is 11.3 Å². The second-order valence-electron chi connectivity index (χ2n) is 6.55. The van der Waals surface area contributed by atoms with Gasteiger partial charge in [0.2, 0.25) is 5.91 Å². The number of rotatable bonds is 5. The Hall–Kier alpha value is -1.65. The summed E-state index contributed by atoms with van der Waals surface area (Å²) in [5.74, 6) is 0.167. The number of thiophene rings is 1. The third-order valence-corrected chi connectivity index (χ3v) is 5.54. The fourth-order valence-electron chi connectivity index (χ4n) is 3.56. The Morgan fingerprint density at radius 3 is 2.70 bits per heavy atom. The molecule has 1 amide bonds. The molecule has 1 saturated heterocycles. The molecule has 2 aliphatic rings. The van der Waals surface area contributed by atoms with Crippen LogP contribution in [0.5, 0.6) is 0 Å². The van der Waals surface area contributed by atoms with Crippen molar-refractivity contribution >= 4 is 17.2 Å². The smallest absolute Gasteiger partial charge is 0.242 e. The summed E-state index contributed by atoms with van der Waals surface area (Å²) in [6.45, 7) is 0.984. The maximum absolute atomic E-state index is 12.9. The highest BCUT2D eigenvalue weighted by Gasteiger charge is 2.38. The van der Waals surface area contributed by atoms with Gasteiger partial charge >= 0.3 is 0 Å². The summed E-state index contributed by atoms with van der Waals surface area (Å²) in [4.78, 5) is 15.3. The van der Waals surface area contributed by atoms with Gasteiger partial charge < -0.3 is 5.32 Å². The van der Waals surface area contributed by atoms with Crippen LogP contribution in [0, 0.1) is 0 Å². The number of amides is 1. The van der Waals surface area contributed by atoms with Crippen LogP contribution < -0.4 is 5.32 Å². The summed E-state index contributed by atoms with van der Waals surface area (Å²) < 4.78 is 0. The molecule has 0 radical (unpaired) electrons. The van der Waals surface area contributed by atoms with E-state index in [1.165, 1.54) is 5.56 Å². The molecule has 120 valence electrons. The lowest BCUT2D eigenvalue weighted by molar-refractivity contribution is -0.127. The Labute approximate surface area is 141 Å². The molecule has 2 atom stereocenters. The Morgan fingerprint density at radius 2 is 2.00 bits per heavy atom. The molecule has 4 heteroatoms. The van der Waals surface area contributed by atoms with Crippen LogP contribution in [-0.4, -0.2) is 23.4 Å². The molecule has 4 rings (SSSR count). The minimum atomic E-state index is -0.177. The lowest BCUT2D eigenvalue weighted by Crippen LogP contribution is -2.41. The highest BCUT2D eigenvalue weighted by molar-refractivity contribution is 7.07. The summed E-state index contributed by atoms with van der Waals surface area (Å²) in [5.41, 5.74) is 2.46. The highest BCUT2D eigenvalue weighted by atomic mass is 32.1. The van der Waals surface area contributed by atoms with Crippen LogP contribution in [0.25, 0.3) is 0 Å². The molecule has 1 aliphatic carbocycles. The van der Waals surface area contributed by atoms with Crippen LogP contribution in [0.1, 0.15) is 48.9 Å². The molecule has 1 aromatic carbocycles. The number of nitrogens with zero attached hydrogens (tertiary/aromatic N) is 1. The standard InChI is InChI=1S/C19H22N2OS/c22-19(20-16-8-9-16)18(14-5-2-1-3-6-14)21-11-4-7-17(21)15-10-12-23-13-15/h1-3,5-6,10,12-13,16-18H,4,7-9,11H2,(H,20,22)/t17-,18-/m1/s1. The first-order valence-corrected chi connectivity index (χ1v) is 9.40. The number of nitrogens with one attached hydrogen (secondary N) is 1. The third-order valence-electron chi connectivity index (χ3n) is 4.84. The summed E-state index contributed by atoms with van der Waals surface area (Å²) >= 11 is 1.74. The number of carbonyl (C=O) groups is 1. The van der Waals surface area contributed by atoms with Crippen LogP contribution in [0.2, 0.25) is 0 Å². The molecule has 2 heterocycles. The van der Waals surface area contributed by atoms with E-state index >= 15 is 0 Å². The fraction of sp³-hybridized carbons (Fsp3) is 0.421. The van der Waals surface area contributed by atoms with Gasteiger partial charge in [0, 0.05) is 12.1 Å². The average molecular weight is 326 g/mol. The topological polar surface area (TPSA) is 32.3 Å². The molecule has 23 heavy (non-hydrogen) atoms. The molecular formula is C19H22N2OS. The number of hydrogen-bond acceptors (Lipinski definition) is 3. The molecule has 1 aromatic heterocycles. The first kappa shape index (κ1) is 14.9. The summed E-state index contributed by atoms with van der Waals surface area (Å²) in [7, 11) is 0. The molecule has 1 aliphatic heterocycles. The Balaban J connectivity index is 1.64. The predicted molar refractivity (Wildman–Crippen MR) is 93.3 cm³/mol. The normalized spacial score (nSPS) is 22.9. The Bertz CT molecular complexity index is 651. The molecule has 3 nitrogen and oxygen atoms in total. The predicted octanol–water partition coefficient (Wildman–Crippen LogP) is 3.90. The van der Waals surface area contributed by atoms with Gasteiger partial charge in [-0.05, 0) is 60.2 Å². The number of likely N-dealkylation sites (tertiary alicyclic amines) is 1. The van der Waals surface area contributed by atoms with Gasteiger partial charge in [0.1, 0.15) is 6.04 Å². The second-order valence-corrected chi connectivity index (χ2v) is 7.33. The van der Waals surface area contributed by atoms with Gasteiger partial charge in [0.05, 0.1) is 0 Å². The van der Waals surface area contributed by atoms with E-state index in [0.717, 1.165) is 37.8 Å². The zero-order valence-electron chi connectivity index (χ0n) is 13.2. The Morgan fingerprint density at radius 1 is 1.17 bits per heavy atom. The van der Waals surface area contributed by atoms with Crippen molar-refractivity contribution < 1.29 is 4.79 Å². The van der Waals surface area contributed by atoms with Crippen molar-refractivity contribution in [2.24, 2.45) is 0 Å². The van der Waals surface area contributed by atoms with E-state index in [4.69, 9.17) is 0 Å². The fourth-order valence-corrected chi connectivity index (χ4v) is 4.26. The van der Waals surface area contributed by atoms with Crippen molar-refractivity contribution in [1.82, 2.24) is 10.2 Å². The molecule has 0 spiro atoms. The summed E-state index contributed by atoms with van der Waals surface area (Å²) in [6.07, 6.45) is 4.54. The molecule has 2 aromatic rings. The number of benzene rings is 1. The van der Waals surface area contributed by atoms with Crippen molar-refractivity contribution in [3.05, 3.63) is 58.3 Å². The van der Waals surface area contributed by atoms with Crippen LogP contribution in [-0.2, 0) is 4.79 Å². The summed E-state index contributed by atoms with van der Waals surface area (Å²) in [5, 5.41) is 7.58. The van der Waals surface area contributed by atoms with Crippen molar-refractivity contribution in [3.63, 3.8) is 0 Å². The quantitative estimate of drug-likeness (QED) is 0.903. The first-order valence-electron chi connectivity index (χ1n) is 8.46. The second kappa shape index (κ2) is 6.46. The van der Waals surface area contributed by atoms with Gasteiger partial charge in [-0.25, -0.2) is 0 Å². The number of carbonyl (C=O) groups excluding carboxylic acids is 1.